The molecule has 0 unspecified atom stereocenters. The molecule has 0 aliphatic rings. The molecule has 0 radical (unpaired) electrons. The molecule has 0 saturated carbocycles. The number of hydrogen-bond donors (Lipinski definition) is 1. The fourth-order valence-corrected chi connectivity index (χ4v) is 2.99. The van der Waals surface area contributed by atoms with E-state index in [1.165, 1.54) is 6.20 Å². The number of carbonyl (C=O) groups excluding carboxylic acids is 1. The lowest BCUT2D eigenvalue weighted by Crippen LogP contribution is -2.14. The summed E-state index contributed by atoms with van der Waals surface area (Å²) in [6.07, 6.45) is 1.48. The van der Waals surface area contributed by atoms with Crippen LogP contribution in [0.3, 0.4) is 0 Å². The first kappa shape index (κ1) is 14.2. The fourth-order valence-electron chi connectivity index (χ4n) is 1.84. The van der Waals surface area contributed by atoms with Gasteiger partial charge in [-0.3, -0.25) is 9.78 Å². The van der Waals surface area contributed by atoms with Crippen molar-refractivity contribution < 1.29 is 4.79 Å². The molecule has 104 valence electrons. The third kappa shape index (κ3) is 3.11. The lowest BCUT2D eigenvalue weighted by Gasteiger charge is -2.07. The lowest BCUT2D eigenvalue weighted by atomic mass is 10.3. The average Bonchev–Trinajstić information content (AvgIpc) is 2.49. The molecule has 3 rings (SSSR count). The normalized spacial score (nSPS) is 10.6. The molecule has 6 heteroatoms. The molecule has 0 atom stereocenters. The number of fused-ring (bicyclic) bond motifs is 1. The zero-order valence-corrected chi connectivity index (χ0v) is 13.8. The molecule has 1 heterocycles. The number of hydrogen-bond acceptors (Lipinski definition) is 3. The Kier molecular flexibility index (Phi) is 3.98. The number of anilines is 1. The molecule has 1 N–H and O–H groups in total. The number of benzene rings is 2. The van der Waals surface area contributed by atoms with Crippen molar-refractivity contribution in [3.63, 3.8) is 0 Å². The highest BCUT2D eigenvalue weighted by Crippen LogP contribution is 2.26. The molecule has 21 heavy (non-hydrogen) atoms. The van der Waals surface area contributed by atoms with Crippen LogP contribution in [-0.2, 0) is 0 Å². The standard InChI is InChI=1S/C15H9Br2N3O/c16-9-5-6-11(10(17)7-9)20-15(21)14-8-18-12-3-1-2-4-13(12)19-14/h1-8H,(H,20,21). The van der Waals surface area contributed by atoms with E-state index in [4.69, 9.17) is 0 Å². The molecule has 0 aliphatic carbocycles. The minimum Gasteiger partial charge on any atom is -0.320 e. The number of aromatic nitrogens is 2. The van der Waals surface area contributed by atoms with E-state index in [1.807, 2.05) is 36.4 Å². The maximum atomic E-state index is 12.2. The first-order valence-corrected chi connectivity index (χ1v) is 7.70. The number of halogens is 2. The summed E-state index contributed by atoms with van der Waals surface area (Å²) in [5.74, 6) is -0.295. The van der Waals surface area contributed by atoms with Crippen molar-refractivity contribution in [2.75, 3.05) is 5.32 Å². The van der Waals surface area contributed by atoms with Crippen molar-refractivity contribution in [2.24, 2.45) is 0 Å². The zero-order chi connectivity index (χ0) is 14.8. The van der Waals surface area contributed by atoms with Crippen LogP contribution in [0.5, 0.6) is 0 Å². The van der Waals surface area contributed by atoms with Crippen molar-refractivity contribution in [3.8, 4) is 0 Å². The summed E-state index contributed by atoms with van der Waals surface area (Å²) in [6, 6.07) is 13.0. The van der Waals surface area contributed by atoms with Crippen molar-refractivity contribution >= 4 is 54.5 Å². The maximum Gasteiger partial charge on any atom is 0.275 e. The van der Waals surface area contributed by atoms with Gasteiger partial charge in [-0.1, -0.05) is 28.1 Å². The molecule has 0 saturated heterocycles. The van der Waals surface area contributed by atoms with E-state index in [2.05, 4.69) is 47.1 Å². The molecule has 1 aromatic heterocycles. The van der Waals surface area contributed by atoms with E-state index in [0.717, 1.165) is 14.5 Å². The summed E-state index contributed by atoms with van der Waals surface area (Å²) in [6.45, 7) is 0. The van der Waals surface area contributed by atoms with Gasteiger partial charge < -0.3 is 5.32 Å². The maximum absolute atomic E-state index is 12.2. The first-order valence-electron chi connectivity index (χ1n) is 6.12. The smallest absolute Gasteiger partial charge is 0.275 e. The highest BCUT2D eigenvalue weighted by atomic mass is 79.9. The summed E-state index contributed by atoms with van der Waals surface area (Å²) in [5, 5.41) is 2.81. The van der Waals surface area contributed by atoms with E-state index in [-0.39, 0.29) is 11.6 Å². The third-order valence-electron chi connectivity index (χ3n) is 2.86. The minimum atomic E-state index is -0.295. The van der Waals surface area contributed by atoms with Gasteiger partial charge in [0.05, 0.1) is 22.9 Å². The predicted molar refractivity (Wildman–Crippen MR) is 89.3 cm³/mol. The highest BCUT2D eigenvalue weighted by molar-refractivity contribution is 9.11. The Balaban J connectivity index is 1.89. The number of rotatable bonds is 2. The van der Waals surface area contributed by atoms with Gasteiger partial charge >= 0.3 is 0 Å². The molecule has 1 amide bonds. The second-order valence-electron chi connectivity index (χ2n) is 4.32. The molecule has 0 fully saturated rings. The van der Waals surface area contributed by atoms with Crippen LogP contribution in [0.1, 0.15) is 10.5 Å². The van der Waals surface area contributed by atoms with E-state index in [1.54, 1.807) is 6.07 Å². The van der Waals surface area contributed by atoms with Crippen LogP contribution < -0.4 is 5.32 Å². The van der Waals surface area contributed by atoms with Crippen molar-refractivity contribution in [1.29, 1.82) is 0 Å². The Morgan fingerprint density at radius 2 is 1.81 bits per heavy atom. The third-order valence-corrected chi connectivity index (χ3v) is 4.01. The minimum absolute atomic E-state index is 0.281. The number of nitrogens with one attached hydrogen (secondary N) is 1. The molecule has 2 aromatic carbocycles. The molecule has 0 spiro atoms. The van der Waals surface area contributed by atoms with Crippen LogP contribution in [0, 0.1) is 0 Å². The van der Waals surface area contributed by atoms with Gasteiger partial charge in [-0.05, 0) is 46.3 Å². The predicted octanol–water partition coefficient (Wildman–Crippen LogP) is 4.41. The second kappa shape index (κ2) is 5.91. The van der Waals surface area contributed by atoms with Crippen LogP contribution >= 0.6 is 31.9 Å². The molecule has 0 aliphatic heterocycles. The van der Waals surface area contributed by atoms with E-state index in [0.29, 0.717) is 11.2 Å². The molecule has 0 bridgehead atoms. The van der Waals surface area contributed by atoms with Crippen LogP contribution in [-0.4, -0.2) is 15.9 Å². The van der Waals surface area contributed by atoms with Gasteiger partial charge in [0.1, 0.15) is 5.69 Å². The Morgan fingerprint density at radius 1 is 1.05 bits per heavy atom. The Hall–Kier alpha value is -1.79. The zero-order valence-electron chi connectivity index (χ0n) is 10.7. The lowest BCUT2D eigenvalue weighted by molar-refractivity contribution is 0.102. The quantitative estimate of drug-likeness (QED) is 0.685. The largest absolute Gasteiger partial charge is 0.320 e. The molecular formula is C15H9Br2N3O. The number of nitrogens with zero attached hydrogens (tertiary/aromatic N) is 2. The second-order valence-corrected chi connectivity index (χ2v) is 6.09. The number of para-hydroxylation sites is 2. The summed E-state index contributed by atoms with van der Waals surface area (Å²) in [5.41, 5.74) is 2.42. The van der Waals surface area contributed by atoms with Gasteiger partial charge in [-0.2, -0.15) is 0 Å². The van der Waals surface area contributed by atoms with Gasteiger partial charge in [0.2, 0.25) is 0 Å². The summed E-state index contributed by atoms with van der Waals surface area (Å²) >= 11 is 6.78. The van der Waals surface area contributed by atoms with Gasteiger partial charge in [-0.25, -0.2) is 4.98 Å². The average molecular weight is 407 g/mol. The van der Waals surface area contributed by atoms with Gasteiger partial charge in [0, 0.05) is 8.95 Å². The summed E-state index contributed by atoms with van der Waals surface area (Å²) in [7, 11) is 0. The van der Waals surface area contributed by atoms with Crippen LogP contribution in [0.4, 0.5) is 5.69 Å². The van der Waals surface area contributed by atoms with Gasteiger partial charge in [0.25, 0.3) is 5.91 Å². The highest BCUT2D eigenvalue weighted by Gasteiger charge is 2.11. The molecule has 4 nitrogen and oxygen atoms in total. The van der Waals surface area contributed by atoms with Gasteiger partial charge in [-0.15, -0.1) is 0 Å². The molecule has 3 aromatic rings. The van der Waals surface area contributed by atoms with E-state index in [9.17, 15) is 4.79 Å². The van der Waals surface area contributed by atoms with E-state index < -0.39 is 0 Å². The van der Waals surface area contributed by atoms with Crippen LogP contribution in [0.2, 0.25) is 0 Å². The topological polar surface area (TPSA) is 54.9 Å². The van der Waals surface area contributed by atoms with E-state index >= 15 is 0 Å². The summed E-state index contributed by atoms with van der Waals surface area (Å²) < 4.78 is 1.72. The number of carbonyl (C=O) groups is 1. The number of amides is 1. The van der Waals surface area contributed by atoms with Crippen molar-refractivity contribution in [2.45, 2.75) is 0 Å². The van der Waals surface area contributed by atoms with Gasteiger partial charge in [0.15, 0.2) is 0 Å². The Bertz CT molecular complexity index is 836. The van der Waals surface area contributed by atoms with Crippen molar-refractivity contribution in [1.82, 2.24) is 9.97 Å². The molecular weight excluding hydrogens is 398 g/mol. The van der Waals surface area contributed by atoms with Crippen molar-refractivity contribution in [3.05, 3.63) is 63.3 Å². The fraction of sp³-hybridized carbons (Fsp3) is 0. The first-order chi connectivity index (χ1) is 10.1. The van der Waals surface area contributed by atoms with Crippen LogP contribution in [0.25, 0.3) is 11.0 Å². The Morgan fingerprint density at radius 3 is 2.57 bits per heavy atom. The Labute approximate surface area is 137 Å². The SMILES string of the molecule is O=C(Nc1ccc(Br)cc1Br)c1cnc2ccccc2n1. The monoisotopic (exact) mass is 405 g/mol. The van der Waals surface area contributed by atoms with Crippen LogP contribution in [0.15, 0.2) is 57.6 Å². The summed E-state index contributed by atoms with van der Waals surface area (Å²) in [4.78, 5) is 20.8.